The average molecular weight is 531 g/mol. The van der Waals surface area contributed by atoms with Gasteiger partial charge < -0.3 is 10.1 Å². The van der Waals surface area contributed by atoms with Crippen molar-refractivity contribution >= 4 is 44.7 Å². The van der Waals surface area contributed by atoms with Gasteiger partial charge in [-0.15, -0.1) is 11.3 Å². The van der Waals surface area contributed by atoms with Crippen LogP contribution in [0.25, 0.3) is 21.0 Å². The summed E-state index contributed by atoms with van der Waals surface area (Å²) in [7, 11) is -3.91. The fourth-order valence-corrected chi connectivity index (χ4v) is 5.97. The second-order valence-corrected chi connectivity index (χ2v) is 12.1. The summed E-state index contributed by atoms with van der Waals surface area (Å²) in [6.45, 7) is 10.2. The fourth-order valence-electron chi connectivity index (χ4n) is 3.28. The summed E-state index contributed by atoms with van der Waals surface area (Å²) in [4.78, 5) is 28.5. The van der Waals surface area contributed by atoms with Gasteiger partial charge in [-0.1, -0.05) is 6.07 Å². The number of ether oxygens (including phenoxy) is 1. The predicted molar refractivity (Wildman–Crippen MR) is 143 cm³/mol. The monoisotopic (exact) mass is 530 g/mol. The molecule has 0 bridgehead atoms. The number of anilines is 2. The van der Waals surface area contributed by atoms with E-state index in [0.29, 0.717) is 26.8 Å². The lowest BCUT2D eigenvalue weighted by molar-refractivity contribution is -0.114. The van der Waals surface area contributed by atoms with E-state index in [2.05, 4.69) is 20.3 Å². The molecule has 0 unspecified atom stereocenters. The van der Waals surface area contributed by atoms with Crippen molar-refractivity contribution in [1.82, 2.24) is 9.71 Å². The van der Waals surface area contributed by atoms with Crippen LogP contribution in [-0.2, 0) is 19.6 Å². The molecule has 3 aromatic rings. The zero-order valence-electron chi connectivity index (χ0n) is 21.0. The molecular weight excluding hydrogens is 500 g/mol. The summed E-state index contributed by atoms with van der Waals surface area (Å²) in [6.07, 6.45) is 0.864. The normalized spacial score (nSPS) is 11.9. The molecule has 0 saturated heterocycles. The third-order valence-electron chi connectivity index (χ3n) is 4.52. The number of nitrogens with zero attached hydrogens (tertiary/aromatic N) is 1. The molecular formula is C25H30N4O5S2. The van der Waals surface area contributed by atoms with Crippen LogP contribution in [0.1, 0.15) is 41.5 Å². The molecule has 2 aromatic carbocycles. The molecule has 192 valence electrons. The average Bonchev–Trinajstić information content (AvgIpc) is 3.21. The van der Waals surface area contributed by atoms with E-state index >= 15 is 0 Å². The molecule has 2 amide bonds. The lowest BCUT2D eigenvalue weighted by atomic mass is 10.1. The molecule has 3 rings (SSSR count). The Kier molecular flexibility index (Phi) is 8.17. The number of hydrogen-bond acceptors (Lipinski definition) is 7. The molecule has 0 fully saturated rings. The molecule has 1 heterocycles. The van der Waals surface area contributed by atoms with Gasteiger partial charge in [0, 0.05) is 41.2 Å². The van der Waals surface area contributed by atoms with E-state index in [1.54, 1.807) is 65.1 Å². The van der Waals surface area contributed by atoms with Crippen LogP contribution in [0.5, 0.6) is 0 Å². The number of benzene rings is 2. The molecule has 11 heteroatoms. The highest BCUT2D eigenvalue weighted by molar-refractivity contribution is 7.89. The van der Waals surface area contributed by atoms with Crippen molar-refractivity contribution in [3.8, 4) is 21.0 Å². The first-order valence-corrected chi connectivity index (χ1v) is 13.5. The van der Waals surface area contributed by atoms with E-state index in [0.717, 1.165) is 5.56 Å². The first-order chi connectivity index (χ1) is 16.7. The quantitative estimate of drug-likeness (QED) is 0.372. The minimum atomic E-state index is -3.91. The van der Waals surface area contributed by atoms with Crippen LogP contribution < -0.4 is 15.4 Å². The molecule has 1 aromatic heterocycles. The van der Waals surface area contributed by atoms with E-state index in [1.165, 1.54) is 24.3 Å². The first kappa shape index (κ1) is 27.3. The number of thiazole rings is 1. The van der Waals surface area contributed by atoms with Crippen LogP contribution in [0.2, 0.25) is 0 Å². The van der Waals surface area contributed by atoms with E-state index in [4.69, 9.17) is 4.74 Å². The number of carbonyl (C=O) groups excluding carboxylic acids is 2. The summed E-state index contributed by atoms with van der Waals surface area (Å²) in [5.74, 6) is -0.301. The van der Waals surface area contributed by atoms with Crippen LogP contribution in [0.15, 0.2) is 53.6 Å². The van der Waals surface area contributed by atoms with E-state index in [-0.39, 0.29) is 16.9 Å². The topological polar surface area (TPSA) is 126 Å². The molecule has 0 saturated carbocycles. The lowest BCUT2D eigenvalue weighted by Crippen LogP contribution is -2.40. The maximum absolute atomic E-state index is 13.3. The van der Waals surface area contributed by atoms with Gasteiger partial charge >= 0.3 is 6.09 Å². The highest BCUT2D eigenvalue weighted by atomic mass is 32.2. The second kappa shape index (κ2) is 10.8. The number of rotatable bonds is 7. The second-order valence-electron chi connectivity index (χ2n) is 9.43. The third kappa shape index (κ3) is 7.36. The molecule has 9 nitrogen and oxygen atoms in total. The number of hydrogen-bond donors (Lipinski definition) is 3. The van der Waals surface area contributed by atoms with Crippen molar-refractivity contribution in [3.05, 3.63) is 48.7 Å². The van der Waals surface area contributed by atoms with Crippen molar-refractivity contribution in [1.29, 1.82) is 0 Å². The molecule has 36 heavy (non-hydrogen) atoms. The first-order valence-electron chi connectivity index (χ1n) is 11.2. The standard InChI is InChI=1S/C25H30N4O5S2/c1-15(2)34-24(31)28-18-9-7-17(8-10-18)23-26-14-21(35-23)20-12-11-19(27-16(3)30)13-22(20)36(32,33)29-25(4,5)6/h7-15,29H,1-6H3,(H,27,30)(H,28,31). The van der Waals surface area contributed by atoms with Crippen molar-refractivity contribution < 1.29 is 22.7 Å². The van der Waals surface area contributed by atoms with E-state index < -0.39 is 21.7 Å². The Morgan fingerprint density at radius 2 is 1.64 bits per heavy atom. The van der Waals surface area contributed by atoms with Crippen molar-refractivity contribution in [2.45, 2.75) is 58.1 Å². The van der Waals surface area contributed by atoms with E-state index in [1.807, 2.05) is 12.1 Å². The van der Waals surface area contributed by atoms with Gasteiger partial charge in [0.05, 0.1) is 15.9 Å². The fraction of sp³-hybridized carbons (Fsp3) is 0.320. The van der Waals surface area contributed by atoms with Gasteiger partial charge in [0.2, 0.25) is 15.9 Å². The number of nitrogens with one attached hydrogen (secondary N) is 3. The maximum Gasteiger partial charge on any atom is 0.411 e. The van der Waals surface area contributed by atoms with Crippen LogP contribution >= 0.6 is 11.3 Å². The van der Waals surface area contributed by atoms with Gasteiger partial charge in [0.15, 0.2) is 0 Å². The molecule has 0 aliphatic rings. The van der Waals surface area contributed by atoms with Crippen LogP contribution in [0, 0.1) is 0 Å². The number of carbonyl (C=O) groups is 2. The summed E-state index contributed by atoms with van der Waals surface area (Å²) < 4.78 is 34.3. The smallest absolute Gasteiger partial charge is 0.411 e. The van der Waals surface area contributed by atoms with Gasteiger partial charge in [0.25, 0.3) is 0 Å². The van der Waals surface area contributed by atoms with Crippen LogP contribution in [0.3, 0.4) is 0 Å². The molecule has 0 aliphatic heterocycles. The highest BCUT2D eigenvalue weighted by Gasteiger charge is 2.26. The van der Waals surface area contributed by atoms with E-state index in [9.17, 15) is 18.0 Å². The number of amides is 2. The molecule has 3 N–H and O–H groups in total. The van der Waals surface area contributed by atoms with Crippen molar-refractivity contribution in [2.75, 3.05) is 10.6 Å². The Bertz CT molecular complexity index is 1360. The number of aromatic nitrogens is 1. The summed E-state index contributed by atoms with van der Waals surface area (Å²) in [5, 5.41) is 5.98. The summed E-state index contributed by atoms with van der Waals surface area (Å²) >= 11 is 1.33. The Labute approximate surface area is 215 Å². The van der Waals surface area contributed by atoms with Gasteiger partial charge in [-0.25, -0.2) is 22.9 Å². The molecule has 0 spiro atoms. The zero-order chi connectivity index (χ0) is 26.7. The maximum atomic E-state index is 13.3. The highest BCUT2D eigenvalue weighted by Crippen LogP contribution is 2.37. The van der Waals surface area contributed by atoms with Gasteiger partial charge in [-0.05, 0) is 71.0 Å². The summed E-state index contributed by atoms with van der Waals surface area (Å²) in [6, 6.07) is 11.9. The zero-order valence-corrected chi connectivity index (χ0v) is 22.6. The van der Waals surface area contributed by atoms with Crippen LogP contribution in [0.4, 0.5) is 16.2 Å². The third-order valence-corrected chi connectivity index (χ3v) is 7.40. The Hall–Kier alpha value is -3.28. The minimum absolute atomic E-state index is 0.0436. The van der Waals surface area contributed by atoms with Crippen molar-refractivity contribution in [2.24, 2.45) is 0 Å². The Morgan fingerprint density at radius 1 is 1.00 bits per heavy atom. The molecule has 0 atom stereocenters. The van der Waals surface area contributed by atoms with Crippen LogP contribution in [-0.4, -0.2) is 37.0 Å². The molecule has 0 aliphatic carbocycles. The predicted octanol–water partition coefficient (Wildman–Crippen LogP) is 5.47. The summed E-state index contributed by atoms with van der Waals surface area (Å²) in [5.41, 5.74) is 1.54. The van der Waals surface area contributed by atoms with Gasteiger partial charge in [0.1, 0.15) is 5.01 Å². The Morgan fingerprint density at radius 3 is 2.22 bits per heavy atom. The minimum Gasteiger partial charge on any atom is -0.447 e. The number of sulfonamides is 1. The van der Waals surface area contributed by atoms with Gasteiger partial charge in [-0.2, -0.15) is 0 Å². The largest absolute Gasteiger partial charge is 0.447 e. The molecule has 0 radical (unpaired) electrons. The van der Waals surface area contributed by atoms with Gasteiger partial charge in [-0.3, -0.25) is 10.1 Å². The van der Waals surface area contributed by atoms with Crippen molar-refractivity contribution in [3.63, 3.8) is 0 Å². The lowest BCUT2D eigenvalue weighted by Gasteiger charge is -2.22. The Balaban J connectivity index is 1.94. The SMILES string of the molecule is CC(=O)Nc1ccc(-c2cnc(-c3ccc(NC(=O)OC(C)C)cc3)s2)c(S(=O)(=O)NC(C)(C)C)c1.